The zero-order chi connectivity index (χ0) is 22.5. The number of benzene rings is 1. The maximum Gasteiger partial charge on any atom is 0.264 e. The maximum absolute atomic E-state index is 12.9. The highest BCUT2D eigenvalue weighted by Crippen LogP contribution is 2.29. The Kier molecular flexibility index (Phi) is 6.46. The summed E-state index contributed by atoms with van der Waals surface area (Å²) >= 11 is 1.37. The van der Waals surface area contributed by atoms with E-state index in [-0.39, 0.29) is 17.7 Å². The second-order valence-electron chi connectivity index (χ2n) is 7.23. The minimum atomic E-state index is -0.527. The van der Waals surface area contributed by atoms with E-state index in [0.717, 1.165) is 6.42 Å². The molecule has 1 fully saturated rings. The summed E-state index contributed by atoms with van der Waals surface area (Å²) < 4.78 is 5.39. The van der Waals surface area contributed by atoms with Crippen molar-refractivity contribution in [1.29, 1.82) is 0 Å². The number of nitrogens with one attached hydrogen (secondary N) is 2. The molecular formula is C23H22N4O4S. The Hall–Kier alpha value is -3.72. The molecule has 1 atom stereocenters. The van der Waals surface area contributed by atoms with E-state index in [4.69, 9.17) is 4.74 Å². The van der Waals surface area contributed by atoms with Gasteiger partial charge in [0, 0.05) is 30.7 Å². The highest BCUT2D eigenvalue weighted by atomic mass is 32.1. The lowest BCUT2D eigenvalue weighted by Crippen LogP contribution is -2.42. The second kappa shape index (κ2) is 9.61. The van der Waals surface area contributed by atoms with Crippen LogP contribution in [0.15, 0.2) is 60.2 Å². The summed E-state index contributed by atoms with van der Waals surface area (Å²) in [7, 11) is 1.49. The molecule has 0 spiro atoms. The summed E-state index contributed by atoms with van der Waals surface area (Å²) in [5, 5.41) is 7.50. The number of amides is 3. The number of methoxy groups -OCH3 is 1. The quantitative estimate of drug-likeness (QED) is 0.597. The number of ether oxygens (including phenoxy) is 1. The van der Waals surface area contributed by atoms with Gasteiger partial charge in [0.1, 0.15) is 11.8 Å². The summed E-state index contributed by atoms with van der Waals surface area (Å²) in [6.45, 7) is 0.553. The van der Waals surface area contributed by atoms with Crippen molar-refractivity contribution < 1.29 is 19.1 Å². The Morgan fingerprint density at radius 2 is 2.03 bits per heavy atom. The highest BCUT2D eigenvalue weighted by molar-refractivity contribution is 7.12. The summed E-state index contributed by atoms with van der Waals surface area (Å²) in [6.07, 6.45) is 4.45. The van der Waals surface area contributed by atoms with E-state index in [0.29, 0.717) is 40.5 Å². The lowest BCUT2D eigenvalue weighted by atomic mass is 10.2. The van der Waals surface area contributed by atoms with Gasteiger partial charge in [-0.15, -0.1) is 11.3 Å². The first-order valence-electron chi connectivity index (χ1n) is 10.1. The highest BCUT2D eigenvalue weighted by Gasteiger charge is 2.35. The lowest BCUT2D eigenvalue weighted by molar-refractivity contribution is -0.119. The third kappa shape index (κ3) is 4.62. The maximum atomic E-state index is 12.9. The van der Waals surface area contributed by atoms with Crippen LogP contribution in [0.1, 0.15) is 32.9 Å². The van der Waals surface area contributed by atoms with Crippen molar-refractivity contribution in [3.8, 4) is 5.75 Å². The SMILES string of the molecule is COc1cc(NC(=O)[C@@H]2CCCN2C(=O)c2cccs2)ccc1NC(=O)c1cccnc1. The van der Waals surface area contributed by atoms with Gasteiger partial charge in [0.2, 0.25) is 5.91 Å². The first-order chi connectivity index (χ1) is 15.6. The van der Waals surface area contributed by atoms with Crippen molar-refractivity contribution in [3.05, 3.63) is 70.7 Å². The van der Waals surface area contributed by atoms with E-state index < -0.39 is 6.04 Å². The summed E-state index contributed by atoms with van der Waals surface area (Å²) in [5.41, 5.74) is 1.40. The Morgan fingerprint density at radius 3 is 2.75 bits per heavy atom. The van der Waals surface area contributed by atoms with Crippen LogP contribution in [-0.4, -0.2) is 47.3 Å². The van der Waals surface area contributed by atoms with Gasteiger partial charge in [0.15, 0.2) is 0 Å². The van der Waals surface area contributed by atoms with E-state index in [1.165, 1.54) is 24.6 Å². The topological polar surface area (TPSA) is 101 Å². The molecule has 1 aliphatic rings. The average molecular weight is 451 g/mol. The fourth-order valence-corrected chi connectivity index (χ4v) is 4.29. The van der Waals surface area contributed by atoms with Gasteiger partial charge in [-0.3, -0.25) is 19.4 Å². The smallest absolute Gasteiger partial charge is 0.264 e. The summed E-state index contributed by atoms with van der Waals surface area (Å²) in [6, 6.07) is 11.4. The van der Waals surface area contributed by atoms with Gasteiger partial charge in [-0.05, 0) is 48.6 Å². The van der Waals surface area contributed by atoms with E-state index in [1.807, 2.05) is 11.4 Å². The number of thiophene rings is 1. The minimum absolute atomic E-state index is 0.122. The molecule has 3 heterocycles. The first kappa shape index (κ1) is 21.5. The van der Waals surface area contributed by atoms with Crippen LogP contribution in [0.2, 0.25) is 0 Å². The normalized spacial score (nSPS) is 15.3. The number of carbonyl (C=O) groups excluding carboxylic acids is 3. The molecule has 0 radical (unpaired) electrons. The molecule has 1 aliphatic heterocycles. The molecule has 4 rings (SSSR count). The average Bonchev–Trinajstić information content (AvgIpc) is 3.52. The molecule has 0 aliphatic carbocycles. The predicted octanol–water partition coefficient (Wildman–Crippen LogP) is 3.65. The third-order valence-electron chi connectivity index (χ3n) is 5.19. The number of likely N-dealkylation sites (tertiary alicyclic amines) is 1. The van der Waals surface area contributed by atoms with Crippen LogP contribution in [0.25, 0.3) is 0 Å². The molecule has 8 nitrogen and oxygen atoms in total. The van der Waals surface area contributed by atoms with Gasteiger partial charge in [0.25, 0.3) is 11.8 Å². The lowest BCUT2D eigenvalue weighted by Gasteiger charge is -2.23. The number of pyridine rings is 1. The molecule has 2 N–H and O–H groups in total. The van der Waals surface area contributed by atoms with Crippen LogP contribution in [0, 0.1) is 0 Å². The zero-order valence-corrected chi connectivity index (χ0v) is 18.2. The number of anilines is 2. The van der Waals surface area contributed by atoms with Crippen LogP contribution in [0.5, 0.6) is 5.75 Å². The number of carbonyl (C=O) groups is 3. The Labute approximate surface area is 189 Å². The van der Waals surface area contributed by atoms with Crippen molar-refractivity contribution in [2.75, 3.05) is 24.3 Å². The first-order valence-corrected chi connectivity index (χ1v) is 11.0. The van der Waals surface area contributed by atoms with E-state index in [1.54, 1.807) is 47.5 Å². The van der Waals surface area contributed by atoms with Crippen molar-refractivity contribution in [1.82, 2.24) is 9.88 Å². The van der Waals surface area contributed by atoms with Gasteiger partial charge in [-0.25, -0.2) is 0 Å². The Morgan fingerprint density at radius 1 is 1.16 bits per heavy atom. The van der Waals surface area contributed by atoms with Crippen LogP contribution in [0.4, 0.5) is 11.4 Å². The summed E-state index contributed by atoms with van der Waals surface area (Å²) in [4.78, 5) is 44.3. The largest absolute Gasteiger partial charge is 0.494 e. The predicted molar refractivity (Wildman–Crippen MR) is 122 cm³/mol. The number of aromatic nitrogens is 1. The monoisotopic (exact) mass is 450 g/mol. The van der Waals surface area contributed by atoms with Crippen molar-refractivity contribution in [3.63, 3.8) is 0 Å². The fraction of sp³-hybridized carbons (Fsp3) is 0.217. The molecular weight excluding hydrogens is 428 g/mol. The molecule has 1 saturated heterocycles. The molecule has 0 bridgehead atoms. The molecule has 164 valence electrons. The van der Waals surface area contributed by atoms with Gasteiger partial charge >= 0.3 is 0 Å². The number of hydrogen-bond acceptors (Lipinski definition) is 6. The van der Waals surface area contributed by atoms with Crippen LogP contribution < -0.4 is 15.4 Å². The van der Waals surface area contributed by atoms with Gasteiger partial charge in [-0.1, -0.05) is 6.07 Å². The molecule has 32 heavy (non-hydrogen) atoms. The molecule has 3 amide bonds. The van der Waals surface area contributed by atoms with Crippen LogP contribution in [-0.2, 0) is 4.79 Å². The third-order valence-corrected chi connectivity index (χ3v) is 6.05. The molecule has 2 aromatic heterocycles. The zero-order valence-electron chi connectivity index (χ0n) is 17.4. The number of nitrogens with zero attached hydrogens (tertiary/aromatic N) is 2. The molecule has 3 aromatic rings. The van der Waals surface area contributed by atoms with Crippen molar-refractivity contribution in [2.24, 2.45) is 0 Å². The van der Waals surface area contributed by atoms with Gasteiger partial charge < -0.3 is 20.3 Å². The van der Waals surface area contributed by atoms with E-state index in [2.05, 4.69) is 15.6 Å². The van der Waals surface area contributed by atoms with E-state index in [9.17, 15) is 14.4 Å². The fourth-order valence-electron chi connectivity index (χ4n) is 3.61. The van der Waals surface area contributed by atoms with Crippen LogP contribution >= 0.6 is 11.3 Å². The molecule has 0 saturated carbocycles. The minimum Gasteiger partial charge on any atom is -0.494 e. The van der Waals surface area contributed by atoms with Crippen molar-refractivity contribution >= 4 is 40.4 Å². The second-order valence-corrected chi connectivity index (χ2v) is 8.18. The molecule has 9 heteroatoms. The number of hydrogen-bond donors (Lipinski definition) is 2. The van der Waals surface area contributed by atoms with Crippen LogP contribution in [0.3, 0.4) is 0 Å². The summed E-state index contributed by atoms with van der Waals surface area (Å²) in [5.74, 6) is -0.287. The van der Waals surface area contributed by atoms with Crippen molar-refractivity contribution in [2.45, 2.75) is 18.9 Å². The molecule has 0 unspecified atom stereocenters. The number of rotatable bonds is 6. The Balaban J connectivity index is 1.45. The van der Waals surface area contributed by atoms with Gasteiger partial charge in [-0.2, -0.15) is 0 Å². The Bertz CT molecular complexity index is 1120. The van der Waals surface area contributed by atoms with E-state index >= 15 is 0 Å². The van der Waals surface area contributed by atoms with Gasteiger partial charge in [0.05, 0.1) is 23.2 Å². The standard InChI is InChI=1S/C23H22N4O4S/c1-31-19-13-16(8-9-17(19)26-21(28)15-5-2-10-24-14-15)25-22(29)18-6-3-11-27(18)23(30)20-7-4-12-32-20/h2,4-5,7-10,12-14,18H,3,6,11H2,1H3,(H,25,29)(H,26,28)/t18-/m0/s1. The molecule has 1 aromatic carbocycles.